The lowest BCUT2D eigenvalue weighted by atomic mass is 9.86. The molecular weight excluding hydrogens is 807 g/mol. The van der Waals surface area contributed by atoms with Gasteiger partial charge in [-0.05, 0) is 94.5 Å². The number of hydrogen-bond acceptors (Lipinski definition) is 13. The van der Waals surface area contributed by atoms with E-state index in [9.17, 15) is 32.8 Å². The van der Waals surface area contributed by atoms with E-state index in [-0.39, 0.29) is 47.3 Å². The van der Waals surface area contributed by atoms with Crippen LogP contribution in [0.5, 0.6) is 0 Å². The Hall–Kier alpha value is -6.08. The molecule has 0 spiro atoms. The summed E-state index contributed by atoms with van der Waals surface area (Å²) in [5.41, 5.74) is 0.943. The summed E-state index contributed by atoms with van der Waals surface area (Å²) < 4.78 is 41.2. The number of amides is 5. The van der Waals surface area contributed by atoms with Gasteiger partial charge in [0.25, 0.3) is 24.1 Å². The fraction of sp³-hybridized carbons (Fsp3) is 0.488. The third kappa shape index (κ3) is 9.83. The number of rotatable bonds is 19. The SMILES string of the molecule is CN(CCCOCCNc1cccc2c1C(=O)N(C1CCC(=O)NC1=O)C2=O)CC1CCC(n2cc(NC(=O)c3coc(-c4ccnc(NCC5CC5)c4)n3)c(C(F)F)n2)CC1. The Morgan fingerprint density at radius 2 is 1.81 bits per heavy atom. The Kier molecular flexibility index (Phi) is 13.0. The van der Waals surface area contributed by atoms with Crippen molar-refractivity contribution in [3.05, 3.63) is 71.5 Å². The molecule has 1 unspecified atom stereocenters. The number of alkyl halides is 2. The van der Waals surface area contributed by atoms with E-state index in [1.807, 2.05) is 0 Å². The summed E-state index contributed by atoms with van der Waals surface area (Å²) in [5.74, 6) is -0.878. The van der Waals surface area contributed by atoms with Crippen molar-refractivity contribution in [2.24, 2.45) is 11.8 Å². The minimum atomic E-state index is -2.88. The first kappa shape index (κ1) is 42.6. The molecule has 62 heavy (non-hydrogen) atoms. The molecule has 0 bridgehead atoms. The summed E-state index contributed by atoms with van der Waals surface area (Å²) in [7, 11) is 2.07. The predicted octanol–water partition coefficient (Wildman–Crippen LogP) is 5.53. The van der Waals surface area contributed by atoms with Crippen LogP contribution < -0.4 is 21.3 Å². The summed E-state index contributed by atoms with van der Waals surface area (Å²) in [6.45, 7) is 3.84. The van der Waals surface area contributed by atoms with Crippen LogP contribution in [0.25, 0.3) is 11.5 Å². The molecule has 19 heteroatoms. The number of piperidine rings is 1. The van der Waals surface area contributed by atoms with Crippen LogP contribution in [0.15, 0.2) is 53.4 Å². The highest BCUT2D eigenvalue weighted by Gasteiger charge is 2.45. The molecule has 328 valence electrons. The fourth-order valence-electron chi connectivity index (χ4n) is 8.36. The maximum atomic E-state index is 14.1. The van der Waals surface area contributed by atoms with E-state index in [1.54, 1.807) is 41.2 Å². The van der Waals surface area contributed by atoms with Crippen LogP contribution in [0.4, 0.5) is 26.0 Å². The van der Waals surface area contributed by atoms with Crippen molar-refractivity contribution in [2.75, 3.05) is 62.4 Å². The summed E-state index contributed by atoms with van der Waals surface area (Å²) in [4.78, 5) is 75.4. The number of hydrogen-bond donors (Lipinski definition) is 4. The number of fused-ring (bicyclic) bond motifs is 1. The number of ether oxygens (including phenoxy) is 1. The van der Waals surface area contributed by atoms with Gasteiger partial charge in [-0.1, -0.05) is 6.07 Å². The van der Waals surface area contributed by atoms with Gasteiger partial charge in [0.1, 0.15) is 18.1 Å². The average molecular weight is 857 g/mol. The summed E-state index contributed by atoms with van der Waals surface area (Å²) in [5, 5.41) is 15.5. The van der Waals surface area contributed by atoms with Crippen LogP contribution >= 0.6 is 0 Å². The van der Waals surface area contributed by atoms with Crippen LogP contribution in [0.1, 0.15) is 107 Å². The quantitative estimate of drug-likeness (QED) is 0.0678. The van der Waals surface area contributed by atoms with E-state index in [2.05, 4.69) is 48.3 Å². The van der Waals surface area contributed by atoms with Crippen molar-refractivity contribution in [2.45, 2.75) is 76.3 Å². The molecule has 1 aromatic carbocycles. The molecule has 2 saturated carbocycles. The monoisotopic (exact) mass is 856 g/mol. The van der Waals surface area contributed by atoms with Crippen molar-refractivity contribution in [3.63, 3.8) is 0 Å². The van der Waals surface area contributed by atoms with Gasteiger partial charge in [-0.15, -0.1) is 0 Å². The number of benzene rings is 1. The zero-order chi connectivity index (χ0) is 43.3. The minimum absolute atomic E-state index is 0.0440. The Morgan fingerprint density at radius 3 is 2.58 bits per heavy atom. The molecule has 4 aliphatic rings. The van der Waals surface area contributed by atoms with Crippen molar-refractivity contribution in [3.8, 4) is 11.5 Å². The topological polar surface area (TPSA) is 206 Å². The van der Waals surface area contributed by atoms with Crippen LogP contribution in [0, 0.1) is 11.8 Å². The number of pyridine rings is 1. The van der Waals surface area contributed by atoms with E-state index in [4.69, 9.17) is 9.15 Å². The molecule has 2 aliphatic carbocycles. The number of nitrogens with zero attached hydrogens (tertiary/aromatic N) is 6. The highest BCUT2D eigenvalue weighted by Crippen LogP contribution is 2.36. The number of carbonyl (C=O) groups excluding carboxylic acids is 5. The van der Waals surface area contributed by atoms with Gasteiger partial charge < -0.3 is 30.0 Å². The number of imide groups is 2. The normalized spacial score (nSPS) is 20.2. The summed E-state index contributed by atoms with van der Waals surface area (Å²) in [6.07, 6.45) is 8.13. The average Bonchev–Trinajstić information content (AvgIpc) is 3.66. The number of nitrogens with one attached hydrogen (secondary N) is 4. The van der Waals surface area contributed by atoms with Crippen molar-refractivity contribution >= 4 is 46.7 Å². The first-order chi connectivity index (χ1) is 30.0. The van der Waals surface area contributed by atoms with Gasteiger partial charge in [0.05, 0.1) is 29.5 Å². The van der Waals surface area contributed by atoms with Crippen LogP contribution in [0.2, 0.25) is 0 Å². The standard InChI is InChI=1S/C43H50F2N10O7/c1-53(17-3-18-61-19-16-46-30-5-2-4-29-36(30)43(60)55(42(29)59)33-12-13-35(56)51-40(33)58)22-26-8-10-28(11-9-26)54-23-31(37(52-54)38(44)45)49-39(57)32-24-62-41(50-32)27-14-15-47-34(20-27)48-21-25-6-7-25/h2,4-5,14-15,20,23-26,28,33,38,46H,3,6-13,16-19,21-22H2,1H3,(H,47,48)(H,49,57)(H,51,56,58). The Morgan fingerprint density at radius 1 is 1.00 bits per heavy atom. The highest BCUT2D eigenvalue weighted by molar-refractivity contribution is 6.25. The van der Waals surface area contributed by atoms with Crippen molar-refractivity contribution in [1.82, 2.24) is 34.9 Å². The van der Waals surface area contributed by atoms with E-state index >= 15 is 0 Å². The largest absolute Gasteiger partial charge is 0.444 e. The first-order valence-corrected chi connectivity index (χ1v) is 21.2. The third-order valence-electron chi connectivity index (χ3n) is 11.8. The summed E-state index contributed by atoms with van der Waals surface area (Å²) in [6, 6.07) is 7.34. The lowest BCUT2D eigenvalue weighted by molar-refractivity contribution is -0.136. The maximum absolute atomic E-state index is 14.1. The van der Waals surface area contributed by atoms with Gasteiger partial charge in [0, 0.05) is 62.9 Å². The second-order valence-corrected chi connectivity index (χ2v) is 16.5. The van der Waals surface area contributed by atoms with Gasteiger partial charge in [0.15, 0.2) is 11.4 Å². The lowest BCUT2D eigenvalue weighted by Gasteiger charge is -2.31. The molecule has 17 nitrogen and oxygen atoms in total. The smallest absolute Gasteiger partial charge is 0.284 e. The zero-order valence-corrected chi connectivity index (χ0v) is 34.4. The molecule has 5 amide bonds. The van der Waals surface area contributed by atoms with Crippen molar-refractivity contribution in [1.29, 1.82) is 0 Å². The maximum Gasteiger partial charge on any atom is 0.284 e. The molecule has 3 fully saturated rings. The molecular formula is C43H50F2N10O7. The van der Waals surface area contributed by atoms with Gasteiger partial charge in [-0.2, -0.15) is 5.10 Å². The molecule has 2 aliphatic heterocycles. The van der Waals surface area contributed by atoms with Crippen LogP contribution in [-0.2, 0) is 14.3 Å². The molecule has 4 aromatic rings. The zero-order valence-electron chi connectivity index (χ0n) is 34.4. The number of carbonyl (C=O) groups is 5. The first-order valence-electron chi connectivity index (χ1n) is 21.2. The molecule has 1 atom stereocenters. The van der Waals surface area contributed by atoms with Gasteiger partial charge in [-0.3, -0.25) is 38.9 Å². The third-order valence-corrected chi connectivity index (χ3v) is 11.8. The molecule has 1 saturated heterocycles. The van der Waals surface area contributed by atoms with E-state index in [0.717, 1.165) is 56.6 Å². The van der Waals surface area contributed by atoms with Crippen molar-refractivity contribution < 1.29 is 41.9 Å². The fourth-order valence-corrected chi connectivity index (χ4v) is 8.36. The van der Waals surface area contributed by atoms with Crippen LogP contribution in [-0.4, -0.2) is 112 Å². The van der Waals surface area contributed by atoms with E-state index < -0.39 is 47.7 Å². The minimum Gasteiger partial charge on any atom is -0.444 e. The molecule has 3 aromatic heterocycles. The number of anilines is 3. The molecule has 8 rings (SSSR count). The predicted molar refractivity (Wildman–Crippen MR) is 222 cm³/mol. The van der Waals surface area contributed by atoms with E-state index in [0.29, 0.717) is 48.7 Å². The molecule has 4 N–H and O–H groups in total. The second kappa shape index (κ2) is 18.9. The van der Waals surface area contributed by atoms with Crippen LogP contribution in [0.3, 0.4) is 0 Å². The Labute approximate surface area is 356 Å². The second-order valence-electron chi connectivity index (χ2n) is 16.5. The summed E-state index contributed by atoms with van der Waals surface area (Å²) >= 11 is 0. The van der Waals surface area contributed by atoms with Gasteiger partial charge in [-0.25, -0.2) is 18.7 Å². The number of halogens is 2. The lowest BCUT2D eigenvalue weighted by Crippen LogP contribution is -2.54. The molecule has 5 heterocycles. The van der Waals surface area contributed by atoms with E-state index in [1.165, 1.54) is 25.3 Å². The number of aromatic nitrogens is 4. The number of oxazole rings is 1. The molecule has 0 radical (unpaired) electrons. The Balaban J connectivity index is 0.741. The van der Waals surface area contributed by atoms with Gasteiger partial charge >= 0.3 is 0 Å². The highest BCUT2D eigenvalue weighted by atomic mass is 19.3. The Bertz CT molecular complexity index is 2300. The van der Waals surface area contributed by atoms with Gasteiger partial charge in [0.2, 0.25) is 17.7 Å².